The molecule has 0 radical (unpaired) electrons. The molecular weight excluding hydrogens is 382 g/mol. The van der Waals surface area contributed by atoms with Gasteiger partial charge in [0.15, 0.2) is 0 Å². The molecule has 1 aliphatic heterocycles. The third-order valence-corrected chi connectivity index (χ3v) is 6.11. The number of hydrogen-bond acceptors (Lipinski definition) is 6. The summed E-state index contributed by atoms with van der Waals surface area (Å²) in [6, 6.07) is 10.3. The second kappa shape index (κ2) is 8.71. The Balaban J connectivity index is 1.53. The molecule has 4 rings (SSSR count). The van der Waals surface area contributed by atoms with E-state index in [0.717, 1.165) is 42.1 Å². The predicted octanol–water partition coefficient (Wildman–Crippen LogP) is 3.31. The van der Waals surface area contributed by atoms with Crippen molar-refractivity contribution in [2.45, 2.75) is 19.5 Å². The van der Waals surface area contributed by atoms with Crippen LogP contribution in [0.2, 0.25) is 0 Å². The van der Waals surface area contributed by atoms with Gasteiger partial charge >= 0.3 is 0 Å². The number of carbonyl (C=O) groups is 1. The maximum atomic E-state index is 12.5. The first-order valence-corrected chi connectivity index (χ1v) is 10.6. The van der Waals surface area contributed by atoms with E-state index in [1.807, 2.05) is 48.2 Å². The van der Waals surface area contributed by atoms with Gasteiger partial charge in [-0.25, -0.2) is 9.97 Å². The number of nitrogens with one attached hydrogen (secondary N) is 1. The Kier molecular flexibility index (Phi) is 5.87. The number of thiophene rings is 1. The van der Waals surface area contributed by atoms with Crippen molar-refractivity contribution in [1.29, 1.82) is 0 Å². The van der Waals surface area contributed by atoms with Crippen LogP contribution in [-0.2, 0) is 24.3 Å². The fraction of sp³-hybridized carbons (Fsp3) is 0.318. The number of fused-ring (bicyclic) bond motifs is 3. The third kappa shape index (κ3) is 4.46. The predicted molar refractivity (Wildman–Crippen MR) is 118 cm³/mol. The molecule has 0 saturated carbocycles. The second-order valence-corrected chi connectivity index (χ2v) is 8.50. The normalized spacial score (nSPS) is 14.0. The van der Waals surface area contributed by atoms with E-state index in [2.05, 4.69) is 27.4 Å². The van der Waals surface area contributed by atoms with Gasteiger partial charge in [-0.3, -0.25) is 4.79 Å². The maximum Gasteiger partial charge on any atom is 0.246 e. The average Bonchev–Trinajstić information content (AvgIpc) is 3.11. The van der Waals surface area contributed by atoms with Crippen LogP contribution in [0.15, 0.2) is 48.8 Å². The standard InChI is InChI=1S/C22H25N5OS/c1-26(2)11-6-9-19(28)27-12-10-17-18(14-27)29-22-20(17)21(24-15-25-22)23-13-16-7-4-3-5-8-16/h3-9,15H,10-14H2,1-2H3,(H,23,24,25)/b9-6+. The van der Waals surface area contributed by atoms with Crippen LogP contribution in [0.1, 0.15) is 16.0 Å². The summed E-state index contributed by atoms with van der Waals surface area (Å²) in [5.41, 5.74) is 2.49. The lowest BCUT2D eigenvalue weighted by Gasteiger charge is -2.26. The van der Waals surface area contributed by atoms with Crippen molar-refractivity contribution in [3.05, 3.63) is 64.8 Å². The summed E-state index contributed by atoms with van der Waals surface area (Å²) >= 11 is 1.67. The molecule has 1 N–H and O–H groups in total. The zero-order valence-corrected chi connectivity index (χ0v) is 17.6. The van der Waals surface area contributed by atoms with Crippen LogP contribution in [-0.4, -0.2) is 52.9 Å². The number of likely N-dealkylation sites (N-methyl/N-ethyl adjacent to an activating group) is 1. The molecule has 1 amide bonds. The van der Waals surface area contributed by atoms with Crippen molar-refractivity contribution >= 4 is 33.3 Å². The van der Waals surface area contributed by atoms with Crippen LogP contribution >= 0.6 is 11.3 Å². The summed E-state index contributed by atoms with van der Waals surface area (Å²) in [5.74, 6) is 0.950. The van der Waals surface area contributed by atoms with E-state index in [4.69, 9.17) is 0 Å². The molecule has 6 nitrogen and oxygen atoms in total. The smallest absolute Gasteiger partial charge is 0.246 e. The average molecular weight is 408 g/mol. The zero-order valence-electron chi connectivity index (χ0n) is 16.8. The van der Waals surface area contributed by atoms with Gasteiger partial charge in [-0.1, -0.05) is 36.4 Å². The summed E-state index contributed by atoms with van der Waals surface area (Å²) < 4.78 is 0. The van der Waals surface area contributed by atoms with Gasteiger partial charge in [-0.2, -0.15) is 0 Å². The van der Waals surface area contributed by atoms with Crippen molar-refractivity contribution in [1.82, 2.24) is 19.8 Å². The van der Waals surface area contributed by atoms with Crippen LogP contribution in [0.5, 0.6) is 0 Å². The van der Waals surface area contributed by atoms with Gasteiger partial charge in [0.1, 0.15) is 17.0 Å². The molecule has 3 aromatic rings. The monoisotopic (exact) mass is 407 g/mol. The minimum Gasteiger partial charge on any atom is -0.365 e. The van der Waals surface area contributed by atoms with Gasteiger partial charge in [-0.15, -0.1) is 11.3 Å². The van der Waals surface area contributed by atoms with Crippen LogP contribution < -0.4 is 5.32 Å². The molecule has 7 heteroatoms. The Bertz CT molecular complexity index is 1030. The molecule has 0 fully saturated rings. The van der Waals surface area contributed by atoms with Gasteiger partial charge in [-0.05, 0) is 31.6 Å². The first kappa shape index (κ1) is 19.5. The lowest BCUT2D eigenvalue weighted by atomic mass is 10.0. The van der Waals surface area contributed by atoms with Crippen molar-refractivity contribution in [3.8, 4) is 0 Å². The number of anilines is 1. The van der Waals surface area contributed by atoms with E-state index in [9.17, 15) is 4.79 Å². The van der Waals surface area contributed by atoms with Crippen molar-refractivity contribution in [2.24, 2.45) is 0 Å². The third-order valence-electron chi connectivity index (χ3n) is 4.98. The summed E-state index contributed by atoms with van der Waals surface area (Å²) in [6.45, 7) is 2.84. The number of carbonyl (C=O) groups excluding carboxylic acids is 1. The topological polar surface area (TPSA) is 61.4 Å². The van der Waals surface area contributed by atoms with E-state index >= 15 is 0 Å². The van der Waals surface area contributed by atoms with Crippen molar-refractivity contribution < 1.29 is 4.79 Å². The molecule has 2 aromatic heterocycles. The molecule has 0 unspecified atom stereocenters. The summed E-state index contributed by atoms with van der Waals surface area (Å²) in [5, 5.41) is 4.58. The van der Waals surface area contributed by atoms with Gasteiger partial charge in [0, 0.05) is 30.6 Å². The van der Waals surface area contributed by atoms with Crippen molar-refractivity contribution in [3.63, 3.8) is 0 Å². The van der Waals surface area contributed by atoms with Gasteiger partial charge in [0.25, 0.3) is 0 Å². The van der Waals surface area contributed by atoms with Crippen LogP contribution in [0.25, 0.3) is 10.2 Å². The SMILES string of the molecule is CN(C)C/C=C/C(=O)N1CCc2c(sc3ncnc(NCc4ccccc4)c23)C1. The Hall–Kier alpha value is -2.77. The van der Waals surface area contributed by atoms with Crippen molar-refractivity contribution in [2.75, 3.05) is 32.5 Å². The first-order chi connectivity index (χ1) is 14.1. The highest BCUT2D eigenvalue weighted by Gasteiger charge is 2.25. The summed E-state index contributed by atoms with van der Waals surface area (Å²) in [4.78, 5) is 27.6. The van der Waals surface area contributed by atoms with E-state index in [1.165, 1.54) is 16.0 Å². The lowest BCUT2D eigenvalue weighted by Crippen LogP contribution is -2.34. The Morgan fingerprint density at radius 3 is 2.90 bits per heavy atom. The molecule has 0 saturated heterocycles. The second-order valence-electron chi connectivity index (χ2n) is 7.42. The minimum absolute atomic E-state index is 0.0727. The van der Waals surface area contributed by atoms with E-state index < -0.39 is 0 Å². The van der Waals surface area contributed by atoms with E-state index in [0.29, 0.717) is 6.54 Å². The molecule has 0 spiro atoms. The summed E-state index contributed by atoms with van der Waals surface area (Å²) in [7, 11) is 3.98. The molecule has 150 valence electrons. The number of amides is 1. The maximum absolute atomic E-state index is 12.5. The zero-order chi connectivity index (χ0) is 20.2. The van der Waals surface area contributed by atoms with Gasteiger partial charge in [0.05, 0.1) is 11.9 Å². The minimum atomic E-state index is 0.0727. The summed E-state index contributed by atoms with van der Waals surface area (Å²) in [6.07, 6.45) is 6.05. The van der Waals surface area contributed by atoms with Gasteiger partial charge in [0.2, 0.25) is 5.91 Å². The lowest BCUT2D eigenvalue weighted by molar-refractivity contribution is -0.126. The molecular formula is C22H25N5OS. The van der Waals surface area contributed by atoms with Crippen LogP contribution in [0.3, 0.4) is 0 Å². The fourth-order valence-electron chi connectivity index (χ4n) is 3.50. The van der Waals surface area contributed by atoms with E-state index in [1.54, 1.807) is 23.7 Å². The molecule has 1 aromatic carbocycles. The molecule has 0 bridgehead atoms. The van der Waals surface area contributed by atoms with Crippen LogP contribution in [0.4, 0.5) is 5.82 Å². The first-order valence-electron chi connectivity index (χ1n) is 9.75. The Morgan fingerprint density at radius 1 is 1.28 bits per heavy atom. The Morgan fingerprint density at radius 2 is 2.10 bits per heavy atom. The molecule has 29 heavy (non-hydrogen) atoms. The largest absolute Gasteiger partial charge is 0.365 e. The number of rotatable bonds is 6. The highest BCUT2D eigenvalue weighted by atomic mass is 32.1. The number of aromatic nitrogens is 2. The molecule has 0 aliphatic carbocycles. The molecule has 1 aliphatic rings. The number of nitrogens with zero attached hydrogens (tertiary/aromatic N) is 4. The molecule has 3 heterocycles. The fourth-order valence-corrected chi connectivity index (χ4v) is 4.70. The Labute approximate surface area is 174 Å². The molecule has 0 atom stereocenters. The van der Waals surface area contributed by atoms with Gasteiger partial charge < -0.3 is 15.1 Å². The highest BCUT2D eigenvalue weighted by Crippen LogP contribution is 2.37. The highest BCUT2D eigenvalue weighted by molar-refractivity contribution is 7.19. The van der Waals surface area contributed by atoms with Crippen LogP contribution in [0, 0.1) is 0 Å². The number of benzene rings is 1. The van der Waals surface area contributed by atoms with E-state index in [-0.39, 0.29) is 5.91 Å². The quantitative estimate of drug-likeness (QED) is 0.635. The number of hydrogen-bond donors (Lipinski definition) is 1.